The minimum atomic E-state index is 0.277. The molecule has 1 aromatic rings. The van der Waals surface area contributed by atoms with Crippen LogP contribution in [-0.4, -0.2) is 63.9 Å². The van der Waals surface area contributed by atoms with E-state index < -0.39 is 0 Å². The molecular formula is C22H36N4O2. The third kappa shape index (κ3) is 6.67. The first-order valence-corrected chi connectivity index (χ1v) is 10.8. The van der Waals surface area contributed by atoms with Gasteiger partial charge in [-0.2, -0.15) is 0 Å². The van der Waals surface area contributed by atoms with Crippen LogP contribution in [0.4, 0.5) is 0 Å². The topological polar surface area (TPSA) is 58.1 Å². The van der Waals surface area contributed by atoms with Gasteiger partial charge < -0.3 is 20.1 Å². The van der Waals surface area contributed by atoms with Crippen LogP contribution in [-0.2, 0) is 4.74 Å². The van der Waals surface area contributed by atoms with Crippen molar-refractivity contribution in [2.45, 2.75) is 38.6 Å². The summed E-state index contributed by atoms with van der Waals surface area (Å²) in [5.74, 6) is 2.58. The molecule has 0 amide bonds. The zero-order valence-electron chi connectivity index (χ0n) is 17.5. The Balaban J connectivity index is 1.59. The maximum atomic E-state index is 5.72. The summed E-state index contributed by atoms with van der Waals surface area (Å²) in [7, 11) is 1.72. The first kappa shape index (κ1) is 20.9. The zero-order chi connectivity index (χ0) is 19.6. The highest BCUT2D eigenvalue weighted by Gasteiger charge is 2.24. The van der Waals surface area contributed by atoms with Gasteiger partial charge in [0.15, 0.2) is 5.96 Å². The Labute approximate surface area is 169 Å². The Morgan fingerprint density at radius 3 is 2.79 bits per heavy atom. The highest BCUT2D eigenvalue weighted by atomic mass is 16.5. The van der Waals surface area contributed by atoms with Crippen LogP contribution in [0.25, 0.3) is 0 Å². The molecule has 156 valence electrons. The van der Waals surface area contributed by atoms with Crippen molar-refractivity contribution in [3.63, 3.8) is 0 Å². The number of hydrogen-bond donors (Lipinski definition) is 2. The summed E-state index contributed by atoms with van der Waals surface area (Å²) in [6.45, 7) is 8.36. The molecule has 1 unspecified atom stereocenters. The average Bonchev–Trinajstić information content (AvgIpc) is 3.39. The minimum absolute atomic E-state index is 0.277. The molecule has 0 bridgehead atoms. The molecule has 2 aliphatic rings. The van der Waals surface area contributed by atoms with Crippen LogP contribution in [0.15, 0.2) is 29.3 Å². The van der Waals surface area contributed by atoms with Crippen molar-refractivity contribution in [3.8, 4) is 5.75 Å². The maximum Gasteiger partial charge on any atom is 0.191 e. The van der Waals surface area contributed by atoms with E-state index in [-0.39, 0.29) is 6.04 Å². The first-order chi connectivity index (χ1) is 13.8. The molecule has 28 heavy (non-hydrogen) atoms. The Bertz CT molecular complexity index is 612. The van der Waals surface area contributed by atoms with Crippen molar-refractivity contribution in [3.05, 3.63) is 29.8 Å². The van der Waals surface area contributed by atoms with E-state index in [1.54, 1.807) is 7.11 Å². The molecule has 0 aromatic heterocycles. The number of hydrogen-bond acceptors (Lipinski definition) is 4. The van der Waals surface area contributed by atoms with Crippen LogP contribution in [0.3, 0.4) is 0 Å². The number of rotatable bonds is 11. The number of methoxy groups -OCH3 is 1. The molecule has 1 aliphatic carbocycles. The monoisotopic (exact) mass is 388 g/mol. The Kier molecular flexibility index (Phi) is 8.42. The quantitative estimate of drug-likeness (QED) is 0.347. The maximum absolute atomic E-state index is 5.72. The van der Waals surface area contributed by atoms with Crippen LogP contribution >= 0.6 is 0 Å². The molecule has 3 rings (SSSR count). The molecule has 1 saturated carbocycles. The molecule has 0 spiro atoms. The highest BCUT2D eigenvalue weighted by Crippen LogP contribution is 2.29. The second-order valence-electron chi connectivity index (χ2n) is 7.70. The molecule has 1 saturated heterocycles. The van der Waals surface area contributed by atoms with Crippen molar-refractivity contribution < 1.29 is 9.47 Å². The van der Waals surface area contributed by atoms with Crippen molar-refractivity contribution in [2.75, 3.05) is 53.0 Å². The fraction of sp³-hybridized carbons (Fsp3) is 0.682. The van der Waals surface area contributed by atoms with E-state index in [4.69, 9.17) is 14.5 Å². The van der Waals surface area contributed by atoms with Crippen molar-refractivity contribution in [1.82, 2.24) is 15.5 Å². The van der Waals surface area contributed by atoms with Gasteiger partial charge in [-0.3, -0.25) is 9.89 Å². The van der Waals surface area contributed by atoms with Crippen LogP contribution in [0.2, 0.25) is 0 Å². The number of nitrogens with zero attached hydrogens (tertiary/aromatic N) is 2. The fourth-order valence-electron chi connectivity index (χ4n) is 3.63. The molecule has 0 radical (unpaired) electrons. The fourth-order valence-corrected chi connectivity index (χ4v) is 3.63. The number of benzene rings is 1. The predicted molar refractivity (Wildman–Crippen MR) is 114 cm³/mol. The smallest absolute Gasteiger partial charge is 0.191 e. The first-order valence-electron chi connectivity index (χ1n) is 10.8. The zero-order valence-corrected chi connectivity index (χ0v) is 17.5. The van der Waals surface area contributed by atoms with Gasteiger partial charge in [0.1, 0.15) is 5.75 Å². The lowest BCUT2D eigenvalue weighted by Gasteiger charge is -2.27. The molecule has 1 atom stereocenters. The summed E-state index contributed by atoms with van der Waals surface area (Å²) >= 11 is 0. The van der Waals surface area contributed by atoms with E-state index >= 15 is 0 Å². The lowest BCUT2D eigenvalue weighted by molar-refractivity contribution is 0.129. The van der Waals surface area contributed by atoms with Gasteiger partial charge in [-0.25, -0.2) is 0 Å². The lowest BCUT2D eigenvalue weighted by atomic mass is 10.1. The largest absolute Gasteiger partial charge is 0.497 e. The van der Waals surface area contributed by atoms with Crippen LogP contribution < -0.4 is 15.4 Å². The predicted octanol–water partition coefficient (Wildman–Crippen LogP) is 2.81. The number of likely N-dealkylation sites (tertiary alicyclic amines) is 1. The van der Waals surface area contributed by atoms with E-state index in [0.29, 0.717) is 0 Å². The van der Waals surface area contributed by atoms with Crippen molar-refractivity contribution >= 4 is 5.96 Å². The molecule has 1 aliphatic heterocycles. The normalized spacial score (nSPS) is 18.9. The summed E-state index contributed by atoms with van der Waals surface area (Å²) < 4.78 is 11.2. The molecule has 2 fully saturated rings. The van der Waals surface area contributed by atoms with E-state index in [2.05, 4.69) is 40.7 Å². The number of guanidine groups is 1. The molecule has 1 aromatic carbocycles. The number of ether oxygens (including phenoxy) is 2. The third-order valence-electron chi connectivity index (χ3n) is 5.42. The van der Waals surface area contributed by atoms with Gasteiger partial charge in [0.25, 0.3) is 0 Å². The summed E-state index contributed by atoms with van der Waals surface area (Å²) in [5.41, 5.74) is 1.27. The second kappa shape index (κ2) is 11.3. The van der Waals surface area contributed by atoms with E-state index in [1.807, 2.05) is 6.07 Å². The molecule has 6 heteroatoms. The van der Waals surface area contributed by atoms with Gasteiger partial charge in [0.2, 0.25) is 0 Å². The van der Waals surface area contributed by atoms with E-state index in [1.165, 1.54) is 31.2 Å². The number of nitrogens with one attached hydrogen (secondary N) is 2. The van der Waals surface area contributed by atoms with Gasteiger partial charge in [0, 0.05) is 19.7 Å². The lowest BCUT2D eigenvalue weighted by Crippen LogP contribution is -2.40. The molecular weight excluding hydrogens is 352 g/mol. The van der Waals surface area contributed by atoms with E-state index in [9.17, 15) is 0 Å². The SMILES string of the molecule is CCNC(=NCC(c1cccc(OC)c1)N1CCCC1)NCCOCC1CC1. The third-order valence-corrected chi connectivity index (χ3v) is 5.42. The van der Waals surface area contributed by atoms with Crippen molar-refractivity contribution in [1.29, 1.82) is 0 Å². The van der Waals surface area contributed by atoms with Gasteiger partial charge in [-0.15, -0.1) is 0 Å². The number of aliphatic imine (C=N–C) groups is 1. The minimum Gasteiger partial charge on any atom is -0.497 e. The van der Waals surface area contributed by atoms with Crippen LogP contribution in [0.5, 0.6) is 5.75 Å². The van der Waals surface area contributed by atoms with Gasteiger partial charge in [0.05, 0.1) is 26.3 Å². The second-order valence-corrected chi connectivity index (χ2v) is 7.70. The van der Waals surface area contributed by atoms with Crippen molar-refractivity contribution in [2.24, 2.45) is 10.9 Å². The molecule has 6 nitrogen and oxygen atoms in total. The highest BCUT2D eigenvalue weighted by molar-refractivity contribution is 5.79. The average molecular weight is 389 g/mol. The molecule has 1 heterocycles. The summed E-state index contributed by atoms with van der Waals surface area (Å²) in [4.78, 5) is 7.43. The standard InChI is InChI=1S/C22H36N4O2/c1-3-23-22(24-11-14-28-17-18-9-10-18)25-16-21(26-12-4-5-13-26)19-7-6-8-20(15-19)27-2/h6-8,15,18,21H,3-5,9-14,16-17H2,1-2H3,(H2,23,24,25). The molecule has 2 N–H and O–H groups in total. The van der Waals surface area contributed by atoms with Gasteiger partial charge >= 0.3 is 0 Å². The van der Waals surface area contributed by atoms with Gasteiger partial charge in [-0.1, -0.05) is 12.1 Å². The Hall–Kier alpha value is -1.79. The summed E-state index contributed by atoms with van der Waals surface area (Å²) in [6.07, 6.45) is 5.20. The van der Waals surface area contributed by atoms with Gasteiger partial charge in [-0.05, 0) is 69.3 Å². The van der Waals surface area contributed by atoms with Crippen LogP contribution in [0, 0.1) is 5.92 Å². The Morgan fingerprint density at radius 2 is 2.07 bits per heavy atom. The van der Waals surface area contributed by atoms with Crippen LogP contribution in [0.1, 0.15) is 44.2 Å². The summed E-state index contributed by atoms with van der Waals surface area (Å²) in [6, 6.07) is 8.68. The summed E-state index contributed by atoms with van der Waals surface area (Å²) in [5, 5.41) is 6.76. The van der Waals surface area contributed by atoms with E-state index in [0.717, 1.165) is 63.6 Å². The Morgan fingerprint density at radius 1 is 1.25 bits per heavy atom.